The number of esters is 1. The molecule has 0 rings (SSSR count). The van der Waals surface area contributed by atoms with Crippen molar-refractivity contribution in [3.05, 3.63) is 11.6 Å². The highest BCUT2D eigenvalue weighted by atomic mass is 35.5. The molecule has 0 aromatic heterocycles. The number of hydrogen-bond donors (Lipinski definition) is 0. The zero-order chi connectivity index (χ0) is 37.3. The number of alkyl halides is 25. The summed E-state index contributed by atoms with van der Waals surface area (Å²) in [5.41, 5.74) is 0. The Morgan fingerprint density at radius 1 is 0.444 bits per heavy atom. The van der Waals surface area contributed by atoms with E-state index in [1.165, 1.54) is 0 Å². The summed E-state index contributed by atoms with van der Waals surface area (Å²) in [6.45, 7) is 0.184. The van der Waals surface area contributed by atoms with Crippen LogP contribution in [0.2, 0.25) is 0 Å². The fourth-order valence-corrected chi connectivity index (χ4v) is 2.55. The summed E-state index contributed by atoms with van der Waals surface area (Å²) in [4.78, 5) is 10.8. The van der Waals surface area contributed by atoms with Crippen LogP contribution in [0.5, 0.6) is 0 Å². The van der Waals surface area contributed by atoms with Crippen LogP contribution >= 0.6 is 11.6 Å². The van der Waals surface area contributed by atoms with Gasteiger partial charge in [-0.2, -0.15) is 110 Å². The van der Waals surface area contributed by atoms with E-state index >= 15 is 0 Å². The van der Waals surface area contributed by atoms with Crippen molar-refractivity contribution >= 4 is 17.6 Å². The largest absolute Gasteiger partial charge is 0.461 e. The van der Waals surface area contributed by atoms with Crippen molar-refractivity contribution in [1.29, 1.82) is 0 Å². The van der Waals surface area contributed by atoms with Gasteiger partial charge in [-0.25, -0.2) is 4.79 Å². The van der Waals surface area contributed by atoms with E-state index in [4.69, 9.17) is 11.6 Å². The predicted octanol–water partition coefficient (Wildman–Crippen LogP) is 9.22. The summed E-state index contributed by atoms with van der Waals surface area (Å²) in [7, 11) is 0. The van der Waals surface area contributed by atoms with E-state index in [2.05, 4.69) is 11.3 Å². The van der Waals surface area contributed by atoms with Gasteiger partial charge in [-0.1, -0.05) is 18.2 Å². The average Bonchev–Trinajstić information content (AvgIpc) is 2.81. The Labute approximate surface area is 234 Å². The van der Waals surface area contributed by atoms with Gasteiger partial charge in [0.2, 0.25) is 0 Å². The van der Waals surface area contributed by atoms with Crippen LogP contribution in [0.1, 0.15) is 6.42 Å². The van der Waals surface area contributed by atoms with E-state index in [1.807, 2.05) is 0 Å². The van der Waals surface area contributed by atoms with Crippen molar-refractivity contribution in [3.63, 3.8) is 0 Å². The van der Waals surface area contributed by atoms with Crippen molar-refractivity contribution in [3.8, 4) is 0 Å². The van der Waals surface area contributed by atoms with Crippen LogP contribution in [-0.4, -0.2) is 83.9 Å². The highest BCUT2D eigenvalue weighted by molar-refractivity contribution is 6.40. The molecular weight excluding hydrogens is 747 g/mol. The lowest BCUT2D eigenvalue weighted by Gasteiger charge is -2.45. The SMILES string of the molecule is C=C(Cl)C(=O)OCCC(F)(F)C(F)(F)C(F)(F)C(F)(F)C(F)(F)C(F)(F)C(F)(F)C(F)(F)C(F)(F)C(F)(F)C(F)(F)C(F)(F)F. The molecule has 45 heavy (non-hydrogen) atoms. The summed E-state index contributed by atoms with van der Waals surface area (Å²) in [5.74, 6) is -101. The Bertz CT molecular complexity index is 1120. The van der Waals surface area contributed by atoms with E-state index in [-0.39, 0.29) is 0 Å². The van der Waals surface area contributed by atoms with E-state index in [1.54, 1.807) is 0 Å². The number of halogens is 26. The summed E-state index contributed by atoms with van der Waals surface area (Å²) in [6, 6.07) is 0. The maximum Gasteiger partial charge on any atom is 0.460 e. The molecule has 0 unspecified atom stereocenters. The third-order valence-electron chi connectivity index (χ3n) is 5.24. The minimum Gasteiger partial charge on any atom is -0.461 e. The fraction of sp³-hybridized carbons (Fsp3) is 0.824. The molecule has 0 spiro atoms. The lowest BCUT2D eigenvalue weighted by Crippen LogP contribution is -2.78. The smallest absolute Gasteiger partial charge is 0.460 e. The summed E-state index contributed by atoms with van der Waals surface area (Å²) in [6.07, 6.45) is -11.4. The van der Waals surface area contributed by atoms with Crippen LogP contribution in [0.4, 0.5) is 110 Å². The van der Waals surface area contributed by atoms with E-state index in [0.29, 0.717) is 0 Å². The zero-order valence-electron chi connectivity index (χ0n) is 19.8. The van der Waals surface area contributed by atoms with Crippen molar-refractivity contribution in [2.75, 3.05) is 6.61 Å². The molecule has 0 heterocycles. The maximum absolute atomic E-state index is 13.8. The molecule has 0 N–H and O–H groups in total. The van der Waals surface area contributed by atoms with Crippen LogP contribution in [-0.2, 0) is 9.53 Å². The molecule has 0 saturated carbocycles. The summed E-state index contributed by atoms with van der Waals surface area (Å²) >= 11 is 4.79. The normalized spacial score (nSPS) is 16.1. The molecule has 2 nitrogen and oxygen atoms in total. The van der Waals surface area contributed by atoms with Crippen molar-refractivity contribution in [1.82, 2.24) is 0 Å². The maximum atomic E-state index is 13.8. The Hall–Kier alpha value is -2.25. The standard InChI is InChI=1S/C17H6ClF25O2/c1-4(18)5(44)45-3-2-6(19,20)7(21,22)8(23,24)9(25,26)10(27,28)11(29,30)12(31,32)13(33,34)14(35,36)15(37,38)16(39,40)17(41,42)43/h1-3H2. The topological polar surface area (TPSA) is 26.3 Å². The number of rotatable bonds is 14. The molecule has 0 aromatic carbocycles. The van der Waals surface area contributed by atoms with Crippen LogP contribution < -0.4 is 0 Å². The number of hydrogen-bond acceptors (Lipinski definition) is 2. The predicted molar refractivity (Wildman–Crippen MR) is 91.0 cm³/mol. The first-order valence-electron chi connectivity index (χ1n) is 9.82. The molecule has 28 heteroatoms. The average molecular weight is 753 g/mol. The molecule has 0 aromatic rings. The first-order chi connectivity index (χ1) is 19.1. The minimum atomic E-state index is -9.65. The minimum absolute atomic E-state index is 1.29. The lowest BCUT2D eigenvalue weighted by molar-refractivity contribution is -0.482. The van der Waals surface area contributed by atoms with Crippen LogP contribution in [0.3, 0.4) is 0 Å². The van der Waals surface area contributed by atoms with Gasteiger partial charge in [-0.15, -0.1) is 0 Å². The second kappa shape index (κ2) is 11.2. The van der Waals surface area contributed by atoms with Crippen molar-refractivity contribution in [2.24, 2.45) is 0 Å². The quantitative estimate of drug-likeness (QED) is 0.101. The molecule has 0 aliphatic rings. The Morgan fingerprint density at radius 2 is 0.667 bits per heavy atom. The Morgan fingerprint density at radius 3 is 0.889 bits per heavy atom. The van der Waals surface area contributed by atoms with Gasteiger partial charge in [-0.05, 0) is 0 Å². The number of ether oxygens (including phenoxy) is 1. The van der Waals surface area contributed by atoms with E-state index in [9.17, 15) is 115 Å². The molecule has 0 fully saturated rings. The molecule has 0 aliphatic heterocycles. The van der Waals surface area contributed by atoms with Gasteiger partial charge in [0.25, 0.3) is 0 Å². The van der Waals surface area contributed by atoms with Gasteiger partial charge in [-0.3, -0.25) is 0 Å². The van der Waals surface area contributed by atoms with Crippen LogP contribution in [0.15, 0.2) is 11.6 Å². The van der Waals surface area contributed by atoms with Gasteiger partial charge < -0.3 is 4.74 Å². The first kappa shape index (κ1) is 42.8. The van der Waals surface area contributed by atoms with Crippen LogP contribution in [0, 0.1) is 0 Å². The molecule has 268 valence electrons. The van der Waals surface area contributed by atoms with Crippen molar-refractivity contribution in [2.45, 2.75) is 77.7 Å². The highest BCUT2D eigenvalue weighted by Crippen LogP contribution is 2.67. The Kier molecular flexibility index (Phi) is 10.6. The van der Waals surface area contributed by atoms with E-state index in [0.717, 1.165) is 0 Å². The molecule has 0 bridgehead atoms. The zero-order valence-corrected chi connectivity index (χ0v) is 20.5. The molecule has 0 amide bonds. The van der Waals surface area contributed by atoms with Gasteiger partial charge in [0.15, 0.2) is 0 Å². The molecule has 0 radical (unpaired) electrons. The molecule has 0 atom stereocenters. The highest BCUT2D eigenvalue weighted by Gasteiger charge is 2.99. The number of carbonyl (C=O) groups is 1. The van der Waals surface area contributed by atoms with Gasteiger partial charge in [0, 0.05) is 0 Å². The molecular formula is C17H6ClF25O2. The second-order valence-corrected chi connectivity index (χ2v) is 8.69. The third kappa shape index (κ3) is 5.68. The molecule has 0 aliphatic carbocycles. The number of carbonyl (C=O) groups excluding carboxylic acids is 1. The Balaban J connectivity index is 7.11. The monoisotopic (exact) mass is 752 g/mol. The van der Waals surface area contributed by atoms with E-state index < -0.39 is 95.4 Å². The second-order valence-electron chi connectivity index (χ2n) is 8.24. The van der Waals surface area contributed by atoms with Crippen LogP contribution in [0.25, 0.3) is 0 Å². The molecule has 0 saturated heterocycles. The fourth-order valence-electron chi connectivity index (χ4n) is 2.49. The van der Waals surface area contributed by atoms with Gasteiger partial charge in [0.1, 0.15) is 5.03 Å². The van der Waals surface area contributed by atoms with Crippen molar-refractivity contribution < 1.29 is 119 Å². The summed E-state index contributed by atoms with van der Waals surface area (Å²) in [5, 5.41) is -1.29. The third-order valence-corrected chi connectivity index (χ3v) is 5.39. The van der Waals surface area contributed by atoms with Gasteiger partial charge >= 0.3 is 77.3 Å². The first-order valence-corrected chi connectivity index (χ1v) is 10.2. The lowest BCUT2D eigenvalue weighted by atomic mass is 9.84. The van der Waals surface area contributed by atoms with Gasteiger partial charge in [0.05, 0.1) is 13.0 Å². The summed E-state index contributed by atoms with van der Waals surface area (Å²) < 4.78 is 337.